The monoisotopic (exact) mass is 308 g/mol. The Hall–Kier alpha value is -3.08. The molecule has 0 atom stereocenters. The van der Waals surface area contributed by atoms with Crippen LogP contribution in [0.5, 0.6) is 5.75 Å². The van der Waals surface area contributed by atoms with Crippen molar-refractivity contribution in [3.8, 4) is 28.3 Å². The number of hydrogen-bond donors (Lipinski definition) is 1. The second-order valence-electron chi connectivity index (χ2n) is 5.07. The summed E-state index contributed by atoms with van der Waals surface area (Å²) >= 11 is 0. The number of benzene rings is 2. The van der Waals surface area contributed by atoms with Crippen molar-refractivity contribution in [2.45, 2.75) is 6.92 Å². The maximum atomic E-state index is 11.1. The smallest absolute Gasteiger partial charge is 0.221 e. The van der Waals surface area contributed by atoms with Crippen LogP contribution in [0.15, 0.2) is 59.1 Å². The number of nitrogens with one attached hydrogen (secondary N) is 1. The fourth-order valence-electron chi connectivity index (χ4n) is 2.26. The van der Waals surface area contributed by atoms with Gasteiger partial charge < -0.3 is 14.6 Å². The molecule has 1 N–H and O–H groups in total. The fourth-order valence-corrected chi connectivity index (χ4v) is 2.26. The molecule has 1 heterocycles. The van der Waals surface area contributed by atoms with Gasteiger partial charge in [-0.25, -0.2) is 0 Å². The lowest BCUT2D eigenvalue weighted by Gasteiger charge is -2.03. The topological polar surface area (TPSA) is 64.4 Å². The van der Waals surface area contributed by atoms with Gasteiger partial charge in [0.25, 0.3) is 0 Å². The van der Waals surface area contributed by atoms with Gasteiger partial charge in [-0.2, -0.15) is 0 Å². The molecule has 23 heavy (non-hydrogen) atoms. The Balaban J connectivity index is 1.87. The molecule has 0 fully saturated rings. The average molecular weight is 308 g/mol. The predicted octanol–water partition coefficient (Wildman–Crippen LogP) is 3.98. The van der Waals surface area contributed by atoms with Gasteiger partial charge in [0, 0.05) is 29.8 Å². The predicted molar refractivity (Wildman–Crippen MR) is 88.2 cm³/mol. The highest BCUT2D eigenvalue weighted by molar-refractivity contribution is 5.89. The molecule has 2 aromatic carbocycles. The van der Waals surface area contributed by atoms with E-state index in [0.717, 1.165) is 22.6 Å². The number of carbonyl (C=O) groups is 1. The Kier molecular flexibility index (Phi) is 4.10. The molecule has 0 saturated carbocycles. The van der Waals surface area contributed by atoms with Crippen molar-refractivity contribution >= 4 is 11.6 Å². The zero-order valence-electron chi connectivity index (χ0n) is 12.9. The third kappa shape index (κ3) is 3.40. The molecule has 0 spiro atoms. The molecule has 0 bridgehead atoms. The summed E-state index contributed by atoms with van der Waals surface area (Å²) in [5, 5.41) is 6.86. The number of ether oxygens (including phenoxy) is 1. The van der Waals surface area contributed by atoms with Gasteiger partial charge in [-0.1, -0.05) is 17.3 Å². The first-order valence-electron chi connectivity index (χ1n) is 7.15. The maximum Gasteiger partial charge on any atom is 0.221 e. The Morgan fingerprint density at radius 3 is 2.57 bits per heavy atom. The van der Waals surface area contributed by atoms with Crippen LogP contribution in [-0.2, 0) is 4.79 Å². The molecular weight excluding hydrogens is 292 g/mol. The van der Waals surface area contributed by atoms with E-state index in [0.29, 0.717) is 11.5 Å². The maximum absolute atomic E-state index is 11.1. The largest absolute Gasteiger partial charge is 0.497 e. The number of amides is 1. The molecule has 0 aliphatic carbocycles. The van der Waals surface area contributed by atoms with Gasteiger partial charge in [-0.05, 0) is 36.4 Å². The third-order valence-electron chi connectivity index (χ3n) is 3.36. The summed E-state index contributed by atoms with van der Waals surface area (Å²) < 4.78 is 10.6. The molecule has 1 aromatic heterocycles. The van der Waals surface area contributed by atoms with Crippen molar-refractivity contribution in [2.24, 2.45) is 0 Å². The molecule has 3 rings (SSSR count). The second kappa shape index (κ2) is 6.36. The van der Waals surface area contributed by atoms with Crippen LogP contribution in [0.1, 0.15) is 6.92 Å². The lowest BCUT2D eigenvalue weighted by Crippen LogP contribution is -2.05. The van der Waals surface area contributed by atoms with Crippen LogP contribution < -0.4 is 10.1 Å². The van der Waals surface area contributed by atoms with E-state index < -0.39 is 0 Å². The van der Waals surface area contributed by atoms with E-state index in [9.17, 15) is 4.79 Å². The van der Waals surface area contributed by atoms with E-state index in [-0.39, 0.29) is 5.91 Å². The number of anilines is 1. The average Bonchev–Trinajstić information content (AvgIpc) is 3.04. The van der Waals surface area contributed by atoms with Gasteiger partial charge in [0.05, 0.1) is 7.11 Å². The van der Waals surface area contributed by atoms with Crippen LogP contribution in [0.4, 0.5) is 5.69 Å². The first kappa shape index (κ1) is 14.8. The minimum atomic E-state index is -0.110. The number of hydrogen-bond acceptors (Lipinski definition) is 4. The Morgan fingerprint density at radius 1 is 1.09 bits per heavy atom. The van der Waals surface area contributed by atoms with E-state index in [1.54, 1.807) is 7.11 Å². The molecule has 0 unspecified atom stereocenters. The molecule has 5 nitrogen and oxygen atoms in total. The normalized spacial score (nSPS) is 10.3. The SMILES string of the molecule is COc1ccc(-c2cc(-c3cccc(NC(C)=O)c3)no2)cc1. The summed E-state index contributed by atoms with van der Waals surface area (Å²) in [6.07, 6.45) is 0. The van der Waals surface area contributed by atoms with Crippen molar-refractivity contribution in [3.05, 3.63) is 54.6 Å². The van der Waals surface area contributed by atoms with Crippen molar-refractivity contribution in [3.63, 3.8) is 0 Å². The first-order chi connectivity index (χ1) is 11.2. The van der Waals surface area contributed by atoms with E-state index >= 15 is 0 Å². The van der Waals surface area contributed by atoms with Gasteiger partial charge in [0.2, 0.25) is 5.91 Å². The Bertz CT molecular complexity index is 822. The number of methoxy groups -OCH3 is 1. The van der Waals surface area contributed by atoms with E-state index in [2.05, 4.69) is 10.5 Å². The summed E-state index contributed by atoms with van der Waals surface area (Å²) in [4.78, 5) is 11.1. The highest BCUT2D eigenvalue weighted by Gasteiger charge is 2.09. The molecule has 0 aliphatic heterocycles. The second-order valence-corrected chi connectivity index (χ2v) is 5.07. The summed E-state index contributed by atoms with van der Waals surface area (Å²) in [6, 6.07) is 16.9. The van der Waals surface area contributed by atoms with E-state index in [1.807, 2.05) is 54.6 Å². The molecule has 1 amide bonds. The van der Waals surface area contributed by atoms with Crippen LogP contribution in [0.2, 0.25) is 0 Å². The Labute approximate surface area is 133 Å². The Morgan fingerprint density at radius 2 is 1.87 bits per heavy atom. The summed E-state index contributed by atoms with van der Waals surface area (Å²) in [5.41, 5.74) is 3.23. The van der Waals surface area contributed by atoms with Crippen LogP contribution in [0, 0.1) is 0 Å². The van der Waals surface area contributed by atoms with Crippen LogP contribution in [0.25, 0.3) is 22.6 Å². The minimum Gasteiger partial charge on any atom is -0.497 e. The molecular formula is C18H16N2O3. The van der Waals surface area contributed by atoms with E-state index in [4.69, 9.17) is 9.26 Å². The van der Waals surface area contributed by atoms with Crippen molar-refractivity contribution in [2.75, 3.05) is 12.4 Å². The van der Waals surface area contributed by atoms with Gasteiger partial charge in [-0.3, -0.25) is 4.79 Å². The highest BCUT2D eigenvalue weighted by atomic mass is 16.5. The van der Waals surface area contributed by atoms with Crippen LogP contribution in [-0.4, -0.2) is 18.2 Å². The summed E-state index contributed by atoms with van der Waals surface area (Å²) in [6.45, 7) is 1.48. The van der Waals surface area contributed by atoms with Crippen LogP contribution >= 0.6 is 0 Å². The molecule has 0 saturated heterocycles. The van der Waals surface area contributed by atoms with Crippen molar-refractivity contribution in [1.82, 2.24) is 5.16 Å². The minimum absolute atomic E-state index is 0.110. The number of carbonyl (C=O) groups excluding carboxylic acids is 1. The summed E-state index contributed by atoms with van der Waals surface area (Å²) in [5.74, 6) is 1.35. The standard InChI is InChI=1S/C18H16N2O3/c1-12(21)19-15-5-3-4-14(10-15)17-11-18(23-20-17)13-6-8-16(22-2)9-7-13/h3-11H,1-2H3,(H,19,21). The highest BCUT2D eigenvalue weighted by Crippen LogP contribution is 2.28. The first-order valence-corrected chi connectivity index (χ1v) is 7.15. The molecule has 0 aliphatic rings. The molecule has 116 valence electrons. The zero-order chi connectivity index (χ0) is 16.2. The number of nitrogens with zero attached hydrogens (tertiary/aromatic N) is 1. The van der Waals surface area contributed by atoms with Gasteiger partial charge in [0.1, 0.15) is 11.4 Å². The lowest BCUT2D eigenvalue weighted by molar-refractivity contribution is -0.114. The molecule has 0 radical (unpaired) electrons. The van der Waals surface area contributed by atoms with Gasteiger partial charge in [-0.15, -0.1) is 0 Å². The molecule has 5 heteroatoms. The van der Waals surface area contributed by atoms with Gasteiger partial charge in [0.15, 0.2) is 5.76 Å². The third-order valence-corrected chi connectivity index (χ3v) is 3.36. The van der Waals surface area contributed by atoms with E-state index in [1.165, 1.54) is 6.92 Å². The zero-order valence-corrected chi connectivity index (χ0v) is 12.9. The van der Waals surface area contributed by atoms with Crippen molar-refractivity contribution in [1.29, 1.82) is 0 Å². The molecule has 3 aromatic rings. The van der Waals surface area contributed by atoms with Crippen molar-refractivity contribution < 1.29 is 14.1 Å². The fraction of sp³-hybridized carbons (Fsp3) is 0.111. The van der Waals surface area contributed by atoms with Crippen LogP contribution in [0.3, 0.4) is 0 Å². The number of rotatable bonds is 4. The quantitative estimate of drug-likeness (QED) is 0.792. The summed E-state index contributed by atoms with van der Waals surface area (Å²) in [7, 11) is 1.63. The van der Waals surface area contributed by atoms with Gasteiger partial charge >= 0.3 is 0 Å². The number of aromatic nitrogens is 1. The lowest BCUT2D eigenvalue weighted by atomic mass is 10.1.